The van der Waals surface area contributed by atoms with Crippen molar-refractivity contribution in [3.05, 3.63) is 235 Å². The number of benzene rings is 11. The average Bonchev–Trinajstić information content (AvgIpc) is 4.44. The van der Waals surface area contributed by atoms with E-state index in [4.69, 9.17) is 13.7 Å². The molecule has 0 unspecified atom stereocenters. The van der Waals surface area contributed by atoms with Crippen LogP contribution >= 0.6 is 0 Å². The molecular weight excluding hydrogens is 933 g/mol. The van der Waals surface area contributed by atoms with Gasteiger partial charge in [-0.05, 0) is 72.8 Å². The van der Waals surface area contributed by atoms with Crippen molar-refractivity contribution in [1.82, 2.24) is 18.3 Å². The second kappa shape index (κ2) is 14.9. The molecule has 0 spiro atoms. The van der Waals surface area contributed by atoms with Gasteiger partial charge >= 0.3 is 0 Å². The van der Waals surface area contributed by atoms with Gasteiger partial charge in [-0.25, -0.2) is 4.85 Å². The molecule has 8 nitrogen and oxygen atoms in total. The number of nitrogens with zero attached hydrogens (tertiary/aromatic N) is 6. The van der Waals surface area contributed by atoms with E-state index in [9.17, 15) is 11.8 Å². The predicted molar refractivity (Wildman–Crippen MR) is 309 cm³/mol. The van der Waals surface area contributed by atoms with Crippen LogP contribution in [-0.4, -0.2) is 18.3 Å². The molecule has 6 aromatic heterocycles. The Hall–Kier alpha value is -10.8. The zero-order valence-corrected chi connectivity index (χ0v) is 40.3. The van der Waals surface area contributed by atoms with E-state index in [1.54, 1.807) is 0 Å². The van der Waals surface area contributed by atoms with Gasteiger partial charge in [0.1, 0.15) is 28.4 Å². The number of rotatable bonds is 4. The number of para-hydroxylation sites is 8. The van der Waals surface area contributed by atoms with Crippen LogP contribution in [0.3, 0.4) is 0 Å². The molecule has 0 radical (unpaired) electrons. The molecule has 17 rings (SSSR count). The van der Waals surface area contributed by atoms with Gasteiger partial charge in [0.2, 0.25) is 5.69 Å². The summed E-state index contributed by atoms with van der Waals surface area (Å²) >= 11 is 0. The number of aromatic nitrogens is 4. The molecule has 350 valence electrons. The first-order valence-electron chi connectivity index (χ1n) is 25.4. The second-order valence-electron chi connectivity index (χ2n) is 19.7. The van der Waals surface area contributed by atoms with E-state index in [1.807, 2.05) is 36.4 Å². The third-order valence-electron chi connectivity index (χ3n) is 16.0. The van der Waals surface area contributed by atoms with Gasteiger partial charge in [0.15, 0.2) is 0 Å². The Labute approximate surface area is 431 Å². The van der Waals surface area contributed by atoms with Crippen LogP contribution in [0.25, 0.3) is 159 Å². The highest BCUT2D eigenvalue weighted by atomic mass is 16.3. The molecule has 0 saturated carbocycles. The number of nitriles is 1. The van der Waals surface area contributed by atoms with Crippen LogP contribution in [0.2, 0.25) is 0 Å². The Balaban J connectivity index is 1.24. The maximum absolute atomic E-state index is 12.7. The first-order chi connectivity index (χ1) is 37.7. The molecule has 0 atom stereocenters. The quantitative estimate of drug-likeness (QED) is 0.165. The topological polar surface area (TPSA) is 74.2 Å². The molecule has 6 heterocycles. The van der Waals surface area contributed by atoms with Crippen LogP contribution in [0, 0.1) is 17.9 Å². The largest absolute Gasteiger partial charge is 0.456 e. The SMILES string of the molecule is [C-]#[N+]c1c(-n2c3ccccc3c3ccccc32)c(C#N)c(-n2c3ccccc3c3ccc4oc5ccccc5c4c32)c(-n2c3ccccc3c3ccccc32)c1-n1c2ccccc2c2ccc3oc4ccccc4c3c21. The Morgan fingerprint density at radius 1 is 0.316 bits per heavy atom. The number of furan rings is 2. The first-order valence-corrected chi connectivity index (χ1v) is 25.4. The molecule has 0 amide bonds. The first kappa shape index (κ1) is 40.8. The summed E-state index contributed by atoms with van der Waals surface area (Å²) < 4.78 is 22.6. The average molecular weight is 969 g/mol. The molecule has 11 aromatic carbocycles. The number of hydrogen-bond acceptors (Lipinski definition) is 3. The zero-order valence-electron chi connectivity index (χ0n) is 40.3. The van der Waals surface area contributed by atoms with Crippen molar-refractivity contribution in [1.29, 1.82) is 5.26 Å². The van der Waals surface area contributed by atoms with E-state index >= 15 is 0 Å². The minimum atomic E-state index is 0.316. The van der Waals surface area contributed by atoms with Crippen LogP contribution in [0.4, 0.5) is 5.69 Å². The molecule has 76 heavy (non-hydrogen) atoms. The minimum Gasteiger partial charge on any atom is -0.456 e. The van der Waals surface area contributed by atoms with Gasteiger partial charge in [-0.3, -0.25) is 0 Å². The fraction of sp³-hybridized carbons (Fsp3) is 0. The van der Waals surface area contributed by atoms with Gasteiger partial charge in [0, 0.05) is 53.9 Å². The monoisotopic (exact) mass is 968 g/mol. The van der Waals surface area contributed by atoms with E-state index in [0.29, 0.717) is 34.0 Å². The number of hydrogen-bond donors (Lipinski definition) is 0. The molecule has 0 saturated heterocycles. The molecule has 0 aliphatic heterocycles. The molecule has 0 bridgehead atoms. The van der Waals surface area contributed by atoms with Gasteiger partial charge in [-0.15, -0.1) is 0 Å². The van der Waals surface area contributed by atoms with Gasteiger partial charge in [-0.1, -0.05) is 146 Å². The van der Waals surface area contributed by atoms with E-state index in [0.717, 1.165) is 131 Å². The van der Waals surface area contributed by atoms with Gasteiger partial charge < -0.3 is 27.1 Å². The predicted octanol–water partition coefficient (Wildman–Crippen LogP) is 18.3. The van der Waals surface area contributed by atoms with Crippen molar-refractivity contribution in [3.63, 3.8) is 0 Å². The molecule has 0 aliphatic carbocycles. The lowest BCUT2D eigenvalue weighted by Crippen LogP contribution is -2.14. The molecule has 0 aliphatic rings. The summed E-state index contributed by atoms with van der Waals surface area (Å²) in [7, 11) is 0. The van der Waals surface area contributed by atoms with Crippen molar-refractivity contribution in [2.75, 3.05) is 0 Å². The highest BCUT2D eigenvalue weighted by Gasteiger charge is 2.35. The summed E-state index contributed by atoms with van der Waals surface area (Å²) in [4.78, 5) is 4.80. The summed E-state index contributed by atoms with van der Waals surface area (Å²) in [6.07, 6.45) is 0. The summed E-state index contributed by atoms with van der Waals surface area (Å²) in [5, 5.41) is 24.6. The van der Waals surface area contributed by atoms with Crippen molar-refractivity contribution >= 4 is 137 Å². The fourth-order valence-corrected chi connectivity index (χ4v) is 13.1. The normalized spacial score (nSPS) is 12.2. The number of fused-ring (bicyclic) bond motifs is 20. The fourth-order valence-electron chi connectivity index (χ4n) is 13.1. The lowest BCUT2D eigenvalue weighted by Gasteiger charge is -2.27. The Morgan fingerprint density at radius 2 is 0.645 bits per heavy atom. The zero-order chi connectivity index (χ0) is 49.9. The van der Waals surface area contributed by atoms with Crippen molar-refractivity contribution in [2.45, 2.75) is 0 Å². The summed E-state index contributed by atoms with van der Waals surface area (Å²) in [5.41, 5.74) is 13.2. The van der Waals surface area contributed by atoms with Crippen molar-refractivity contribution in [2.24, 2.45) is 0 Å². The molecule has 0 N–H and O–H groups in total. The van der Waals surface area contributed by atoms with Crippen molar-refractivity contribution < 1.29 is 8.83 Å². The third-order valence-corrected chi connectivity index (χ3v) is 16.0. The minimum absolute atomic E-state index is 0.316. The van der Waals surface area contributed by atoms with Gasteiger partial charge in [0.05, 0.1) is 89.8 Å². The van der Waals surface area contributed by atoms with Gasteiger partial charge in [0.25, 0.3) is 0 Å². The Kier molecular flexibility index (Phi) is 7.99. The van der Waals surface area contributed by atoms with Crippen LogP contribution in [0.5, 0.6) is 0 Å². The molecule has 0 fully saturated rings. The smallest absolute Gasteiger partial charge is 0.237 e. The van der Waals surface area contributed by atoms with Crippen LogP contribution in [0.1, 0.15) is 5.56 Å². The van der Waals surface area contributed by atoms with Crippen LogP contribution in [0.15, 0.2) is 227 Å². The lowest BCUT2D eigenvalue weighted by molar-refractivity contribution is 0.669. The highest BCUT2D eigenvalue weighted by Crippen LogP contribution is 2.53. The Bertz CT molecular complexity index is 5190. The van der Waals surface area contributed by atoms with E-state index in [1.165, 1.54) is 0 Å². The van der Waals surface area contributed by atoms with Crippen LogP contribution in [-0.2, 0) is 0 Å². The van der Waals surface area contributed by atoms with Crippen molar-refractivity contribution in [3.8, 4) is 28.8 Å². The van der Waals surface area contributed by atoms with Crippen LogP contribution < -0.4 is 0 Å². The lowest BCUT2D eigenvalue weighted by atomic mass is 10.0. The van der Waals surface area contributed by atoms with E-state index in [-0.39, 0.29) is 0 Å². The summed E-state index contributed by atoms with van der Waals surface area (Å²) in [6.45, 7) is 9.87. The molecular formula is C68H36N6O2. The molecule has 17 aromatic rings. The second-order valence-corrected chi connectivity index (χ2v) is 19.7. The van der Waals surface area contributed by atoms with Gasteiger partial charge in [-0.2, -0.15) is 5.26 Å². The summed E-state index contributed by atoms with van der Waals surface area (Å²) in [5.74, 6) is 0. The molecule has 8 heteroatoms. The summed E-state index contributed by atoms with van der Waals surface area (Å²) in [6, 6.07) is 78.4. The van der Waals surface area contributed by atoms with E-state index in [2.05, 4.69) is 206 Å². The maximum atomic E-state index is 12.7. The maximum Gasteiger partial charge on any atom is 0.237 e. The highest BCUT2D eigenvalue weighted by molar-refractivity contribution is 6.27. The van der Waals surface area contributed by atoms with E-state index < -0.39 is 0 Å². The third kappa shape index (κ3) is 5.09. The standard InChI is InChI=1S/C68H36N6O2/c1-70-62-65(71-50-26-10-2-18-39(50)40-19-3-11-27-51(40)71)49(38-69)66(73-54-30-14-6-22-43(54)45-34-36-58-60(63(45)73)47-24-8-16-32-56(47)75-58)68(72-52-28-12-4-20-41(52)42-21-5-13-29-53(42)72)67(62)74-55-31-15-7-23-44(55)46-35-37-59-61(64(46)74)48-25-9-17-33-57(48)76-59/h2-37H. The Morgan fingerprint density at radius 3 is 1.04 bits per heavy atom.